The van der Waals surface area contributed by atoms with E-state index in [1.165, 1.54) is 11.3 Å². The predicted octanol–water partition coefficient (Wildman–Crippen LogP) is 2.61. The van der Waals surface area contributed by atoms with Gasteiger partial charge in [-0.3, -0.25) is 0 Å². The monoisotopic (exact) mass is 285 g/mol. The molecule has 0 aromatic carbocycles. The number of furan rings is 1. The number of hydrogen-bond donors (Lipinski definition) is 2. The highest BCUT2D eigenvalue weighted by molar-refractivity contribution is 8.01. The van der Waals surface area contributed by atoms with Crippen molar-refractivity contribution >= 4 is 28.2 Å². The molecule has 0 aliphatic carbocycles. The highest BCUT2D eigenvalue weighted by Gasteiger charge is 2.04. The lowest BCUT2D eigenvalue weighted by Gasteiger charge is -1.97. The molecule has 0 atom stereocenters. The standard InChI is InChI=1S/C11H15N3O2S2/c15-5-1-2-7-17-11-14-13-10(18-11)12-8-9-4-3-6-16-9/h3-4,6,15H,1-2,5,7-8H2,(H,12,13). The number of rotatable bonds is 8. The van der Waals surface area contributed by atoms with Crippen LogP contribution in [0.15, 0.2) is 27.2 Å². The topological polar surface area (TPSA) is 71.2 Å². The lowest BCUT2D eigenvalue weighted by molar-refractivity contribution is 0.287. The van der Waals surface area contributed by atoms with Crippen LogP contribution >= 0.6 is 23.1 Å². The molecule has 0 amide bonds. The fourth-order valence-corrected chi connectivity index (χ4v) is 3.11. The van der Waals surface area contributed by atoms with E-state index in [-0.39, 0.29) is 6.61 Å². The van der Waals surface area contributed by atoms with Gasteiger partial charge in [-0.15, -0.1) is 10.2 Å². The Kier molecular flexibility index (Phi) is 5.50. The van der Waals surface area contributed by atoms with Crippen molar-refractivity contribution < 1.29 is 9.52 Å². The molecule has 18 heavy (non-hydrogen) atoms. The van der Waals surface area contributed by atoms with Crippen LogP contribution in [0.5, 0.6) is 0 Å². The Hall–Kier alpha value is -1.05. The molecule has 2 aromatic heterocycles. The molecule has 0 spiro atoms. The van der Waals surface area contributed by atoms with Gasteiger partial charge in [0.1, 0.15) is 5.76 Å². The predicted molar refractivity (Wildman–Crippen MR) is 73.0 cm³/mol. The minimum atomic E-state index is 0.257. The molecule has 0 saturated carbocycles. The molecular formula is C11H15N3O2S2. The van der Waals surface area contributed by atoms with E-state index in [0.717, 1.165) is 33.8 Å². The average Bonchev–Trinajstić information content (AvgIpc) is 3.03. The van der Waals surface area contributed by atoms with Crippen LogP contribution in [0.1, 0.15) is 18.6 Å². The van der Waals surface area contributed by atoms with Crippen molar-refractivity contribution in [2.75, 3.05) is 17.7 Å². The number of thioether (sulfide) groups is 1. The van der Waals surface area contributed by atoms with Crippen LogP contribution in [0.25, 0.3) is 0 Å². The van der Waals surface area contributed by atoms with E-state index in [1.54, 1.807) is 18.0 Å². The second-order valence-corrected chi connectivity index (χ2v) is 5.90. The Morgan fingerprint density at radius 2 is 2.33 bits per heavy atom. The minimum absolute atomic E-state index is 0.257. The van der Waals surface area contributed by atoms with E-state index in [9.17, 15) is 0 Å². The SMILES string of the molecule is OCCCCSc1nnc(NCc2ccco2)s1. The van der Waals surface area contributed by atoms with Gasteiger partial charge >= 0.3 is 0 Å². The Morgan fingerprint density at radius 3 is 3.11 bits per heavy atom. The van der Waals surface area contributed by atoms with Gasteiger partial charge in [0.2, 0.25) is 5.13 Å². The first-order valence-electron chi connectivity index (χ1n) is 5.72. The third-order valence-corrected chi connectivity index (χ3v) is 4.28. The van der Waals surface area contributed by atoms with Crippen LogP contribution in [-0.4, -0.2) is 27.7 Å². The summed E-state index contributed by atoms with van der Waals surface area (Å²) >= 11 is 3.21. The van der Waals surface area contributed by atoms with Crippen LogP contribution in [-0.2, 0) is 6.54 Å². The number of aliphatic hydroxyl groups is 1. The molecule has 0 saturated heterocycles. The molecule has 0 aliphatic heterocycles. The molecule has 5 nitrogen and oxygen atoms in total. The lowest BCUT2D eigenvalue weighted by atomic mass is 10.4. The van der Waals surface area contributed by atoms with E-state index < -0.39 is 0 Å². The molecule has 2 N–H and O–H groups in total. The molecular weight excluding hydrogens is 270 g/mol. The van der Waals surface area contributed by atoms with Crippen LogP contribution in [0.3, 0.4) is 0 Å². The Bertz CT molecular complexity index is 445. The summed E-state index contributed by atoms with van der Waals surface area (Å²) in [5, 5.41) is 20.8. The lowest BCUT2D eigenvalue weighted by Crippen LogP contribution is -1.96. The zero-order chi connectivity index (χ0) is 12.6. The van der Waals surface area contributed by atoms with E-state index in [4.69, 9.17) is 9.52 Å². The Balaban J connectivity index is 1.72. The fraction of sp³-hybridized carbons (Fsp3) is 0.455. The molecule has 2 rings (SSSR count). The van der Waals surface area contributed by atoms with E-state index >= 15 is 0 Å². The van der Waals surface area contributed by atoms with Gasteiger partial charge in [0, 0.05) is 12.4 Å². The van der Waals surface area contributed by atoms with Gasteiger partial charge < -0.3 is 14.8 Å². The normalized spacial score (nSPS) is 10.7. The third-order valence-electron chi connectivity index (χ3n) is 2.18. The van der Waals surface area contributed by atoms with Gasteiger partial charge in [-0.1, -0.05) is 23.1 Å². The maximum atomic E-state index is 8.67. The highest BCUT2D eigenvalue weighted by Crippen LogP contribution is 2.26. The third kappa shape index (κ3) is 4.32. The summed E-state index contributed by atoms with van der Waals surface area (Å²) in [5.41, 5.74) is 0. The number of aromatic nitrogens is 2. The summed E-state index contributed by atoms with van der Waals surface area (Å²) in [5.74, 6) is 1.84. The van der Waals surface area contributed by atoms with Gasteiger partial charge in [0.25, 0.3) is 0 Å². The van der Waals surface area contributed by atoms with E-state index in [0.29, 0.717) is 6.54 Å². The molecule has 0 bridgehead atoms. The number of nitrogens with zero attached hydrogens (tertiary/aromatic N) is 2. The first kappa shape index (κ1) is 13.4. The second kappa shape index (κ2) is 7.40. The highest BCUT2D eigenvalue weighted by atomic mass is 32.2. The number of nitrogens with one attached hydrogen (secondary N) is 1. The fourth-order valence-electron chi connectivity index (χ4n) is 1.29. The Morgan fingerprint density at radius 1 is 1.39 bits per heavy atom. The summed E-state index contributed by atoms with van der Waals surface area (Å²) in [7, 11) is 0. The molecule has 98 valence electrons. The zero-order valence-electron chi connectivity index (χ0n) is 9.83. The maximum absolute atomic E-state index is 8.67. The smallest absolute Gasteiger partial charge is 0.206 e. The van der Waals surface area contributed by atoms with Crippen LogP contribution in [0.4, 0.5) is 5.13 Å². The largest absolute Gasteiger partial charge is 0.467 e. The quantitative estimate of drug-likeness (QED) is 0.574. The summed E-state index contributed by atoms with van der Waals surface area (Å²) in [6.07, 6.45) is 3.49. The number of unbranched alkanes of at least 4 members (excludes halogenated alkanes) is 1. The number of hydrogen-bond acceptors (Lipinski definition) is 7. The van der Waals surface area contributed by atoms with Crippen LogP contribution in [0.2, 0.25) is 0 Å². The molecule has 0 radical (unpaired) electrons. The molecule has 0 fully saturated rings. The van der Waals surface area contributed by atoms with Crippen molar-refractivity contribution in [1.29, 1.82) is 0 Å². The van der Waals surface area contributed by atoms with Crippen molar-refractivity contribution in [1.82, 2.24) is 10.2 Å². The van der Waals surface area contributed by atoms with Crippen molar-refractivity contribution in [3.63, 3.8) is 0 Å². The van der Waals surface area contributed by atoms with Gasteiger partial charge in [0.05, 0.1) is 12.8 Å². The molecule has 0 unspecified atom stereocenters. The van der Waals surface area contributed by atoms with Crippen molar-refractivity contribution in [3.8, 4) is 0 Å². The molecule has 2 aromatic rings. The van der Waals surface area contributed by atoms with Gasteiger partial charge in [0.15, 0.2) is 4.34 Å². The number of anilines is 1. The molecule has 0 aliphatic rings. The Labute approximate surface area is 114 Å². The number of aliphatic hydroxyl groups excluding tert-OH is 1. The first-order valence-corrected chi connectivity index (χ1v) is 7.52. The van der Waals surface area contributed by atoms with Gasteiger partial charge in [-0.05, 0) is 25.0 Å². The second-order valence-electron chi connectivity index (χ2n) is 3.59. The van der Waals surface area contributed by atoms with Crippen LogP contribution in [0, 0.1) is 0 Å². The van der Waals surface area contributed by atoms with Crippen molar-refractivity contribution in [3.05, 3.63) is 24.2 Å². The van der Waals surface area contributed by atoms with E-state index in [2.05, 4.69) is 15.5 Å². The van der Waals surface area contributed by atoms with Crippen molar-refractivity contribution in [2.45, 2.75) is 23.7 Å². The van der Waals surface area contributed by atoms with Gasteiger partial charge in [-0.25, -0.2) is 0 Å². The van der Waals surface area contributed by atoms with Crippen molar-refractivity contribution in [2.24, 2.45) is 0 Å². The van der Waals surface area contributed by atoms with Gasteiger partial charge in [-0.2, -0.15) is 0 Å². The summed E-state index contributed by atoms with van der Waals surface area (Å²) in [4.78, 5) is 0. The summed E-state index contributed by atoms with van der Waals surface area (Å²) in [6, 6.07) is 3.78. The van der Waals surface area contributed by atoms with E-state index in [1.807, 2.05) is 12.1 Å². The summed E-state index contributed by atoms with van der Waals surface area (Å²) < 4.78 is 6.17. The summed E-state index contributed by atoms with van der Waals surface area (Å²) in [6.45, 7) is 0.878. The maximum Gasteiger partial charge on any atom is 0.206 e. The first-order chi connectivity index (χ1) is 8.88. The van der Waals surface area contributed by atoms with Crippen LogP contribution < -0.4 is 5.32 Å². The molecule has 7 heteroatoms. The zero-order valence-corrected chi connectivity index (χ0v) is 11.5. The minimum Gasteiger partial charge on any atom is -0.467 e. The average molecular weight is 285 g/mol. The molecule has 2 heterocycles.